The number of hydrogen-bond acceptors (Lipinski definition) is 0. The van der Waals surface area contributed by atoms with Gasteiger partial charge in [0.1, 0.15) is 0 Å². The Morgan fingerprint density at radius 3 is 1.23 bits per heavy atom. The topological polar surface area (TPSA) is 0 Å². The lowest BCUT2D eigenvalue weighted by atomic mass is 9.70. The van der Waals surface area contributed by atoms with Crippen LogP contribution in [-0.2, 0) is 12.8 Å². The lowest BCUT2D eigenvalue weighted by molar-refractivity contribution is 0.501. The molecule has 0 radical (unpaired) electrons. The van der Waals surface area contributed by atoms with Crippen LogP contribution in [0.2, 0.25) is 0 Å². The summed E-state index contributed by atoms with van der Waals surface area (Å²) in [7, 11) is 0. The largest absolute Gasteiger partial charge is 0.0622 e. The van der Waals surface area contributed by atoms with Gasteiger partial charge in [-0.15, -0.1) is 0 Å². The summed E-state index contributed by atoms with van der Waals surface area (Å²) >= 11 is 0. The van der Waals surface area contributed by atoms with Gasteiger partial charge in [-0.2, -0.15) is 0 Å². The summed E-state index contributed by atoms with van der Waals surface area (Å²) < 4.78 is 0. The summed E-state index contributed by atoms with van der Waals surface area (Å²) in [6.07, 6.45) is 2.28. The Labute approximate surface area is 132 Å². The van der Waals surface area contributed by atoms with E-state index in [4.69, 9.17) is 0 Å². The van der Waals surface area contributed by atoms with E-state index in [-0.39, 0.29) is 0 Å². The Balaban J connectivity index is 1.79. The van der Waals surface area contributed by atoms with Gasteiger partial charge >= 0.3 is 0 Å². The molecule has 0 unspecified atom stereocenters. The molecule has 0 bridgehead atoms. The van der Waals surface area contributed by atoms with Crippen molar-refractivity contribution in [3.8, 4) is 0 Å². The zero-order valence-electron chi connectivity index (χ0n) is 12.7. The zero-order chi connectivity index (χ0) is 14.8. The van der Waals surface area contributed by atoms with Crippen LogP contribution in [0.4, 0.5) is 0 Å². The molecule has 0 N–H and O–H groups in total. The summed E-state index contributed by atoms with van der Waals surface area (Å²) in [5.74, 6) is 1.14. The van der Waals surface area contributed by atoms with E-state index in [9.17, 15) is 0 Å². The zero-order valence-corrected chi connectivity index (χ0v) is 12.7. The van der Waals surface area contributed by atoms with Crippen molar-refractivity contribution in [2.45, 2.75) is 24.7 Å². The SMILES string of the molecule is c1ccc([C@H]2Cc3ccccc3C[C@@H]2c2ccccc2)cc1. The first-order chi connectivity index (χ1) is 10.9. The van der Waals surface area contributed by atoms with Crippen LogP contribution in [0.5, 0.6) is 0 Å². The van der Waals surface area contributed by atoms with E-state index in [0.717, 1.165) is 12.8 Å². The summed E-state index contributed by atoms with van der Waals surface area (Å²) in [6, 6.07) is 31.0. The molecule has 0 heterocycles. The van der Waals surface area contributed by atoms with E-state index in [2.05, 4.69) is 84.9 Å². The predicted molar refractivity (Wildman–Crippen MR) is 92.2 cm³/mol. The fourth-order valence-corrected chi connectivity index (χ4v) is 3.81. The Kier molecular flexibility index (Phi) is 3.52. The Bertz CT molecular complexity index is 677. The summed E-state index contributed by atoms with van der Waals surface area (Å²) in [6.45, 7) is 0. The van der Waals surface area contributed by atoms with Crippen molar-refractivity contribution in [2.24, 2.45) is 0 Å². The minimum Gasteiger partial charge on any atom is -0.0622 e. The van der Waals surface area contributed by atoms with Crippen molar-refractivity contribution in [1.82, 2.24) is 0 Å². The van der Waals surface area contributed by atoms with Crippen LogP contribution in [-0.4, -0.2) is 0 Å². The van der Waals surface area contributed by atoms with Crippen molar-refractivity contribution < 1.29 is 0 Å². The van der Waals surface area contributed by atoms with Gasteiger partial charge in [0.05, 0.1) is 0 Å². The second-order valence-corrected chi connectivity index (χ2v) is 6.21. The molecule has 1 aliphatic rings. The van der Waals surface area contributed by atoms with Crippen LogP contribution >= 0.6 is 0 Å². The van der Waals surface area contributed by atoms with Gasteiger partial charge in [-0.05, 0) is 46.9 Å². The standard InChI is InChI=1S/C22H20/c1-3-9-17(10-4-1)21-15-19-13-7-8-14-20(19)16-22(21)18-11-5-2-6-12-18/h1-14,21-22H,15-16H2/t21-,22-/m1/s1. The Morgan fingerprint density at radius 2 is 0.818 bits per heavy atom. The van der Waals surface area contributed by atoms with Crippen LogP contribution in [0.25, 0.3) is 0 Å². The van der Waals surface area contributed by atoms with Gasteiger partial charge in [0.2, 0.25) is 0 Å². The number of rotatable bonds is 2. The maximum Gasteiger partial charge on any atom is -0.00493 e. The molecule has 0 nitrogen and oxygen atoms in total. The molecule has 0 spiro atoms. The maximum absolute atomic E-state index is 2.30. The third-order valence-corrected chi connectivity index (χ3v) is 4.94. The fourth-order valence-electron chi connectivity index (χ4n) is 3.81. The van der Waals surface area contributed by atoms with Crippen molar-refractivity contribution in [3.05, 3.63) is 107 Å². The first-order valence-electron chi connectivity index (χ1n) is 8.08. The smallest absolute Gasteiger partial charge is 0.00493 e. The van der Waals surface area contributed by atoms with Crippen LogP contribution in [0.1, 0.15) is 34.1 Å². The number of benzene rings is 3. The van der Waals surface area contributed by atoms with Crippen molar-refractivity contribution in [2.75, 3.05) is 0 Å². The number of hydrogen-bond donors (Lipinski definition) is 0. The molecular weight excluding hydrogens is 264 g/mol. The minimum atomic E-state index is 0.568. The highest BCUT2D eigenvalue weighted by molar-refractivity contribution is 5.39. The predicted octanol–water partition coefficient (Wildman–Crippen LogP) is 5.35. The van der Waals surface area contributed by atoms with Gasteiger partial charge < -0.3 is 0 Å². The van der Waals surface area contributed by atoms with Gasteiger partial charge in [-0.3, -0.25) is 0 Å². The lowest BCUT2D eigenvalue weighted by Gasteiger charge is -2.34. The molecule has 0 aliphatic heterocycles. The average molecular weight is 284 g/mol. The highest BCUT2D eigenvalue weighted by atomic mass is 14.3. The molecule has 108 valence electrons. The molecule has 3 aromatic carbocycles. The molecule has 3 aromatic rings. The van der Waals surface area contributed by atoms with Gasteiger partial charge in [-0.25, -0.2) is 0 Å². The molecule has 2 atom stereocenters. The molecule has 0 aromatic heterocycles. The normalized spacial score (nSPS) is 20.4. The second kappa shape index (κ2) is 5.81. The van der Waals surface area contributed by atoms with Crippen molar-refractivity contribution >= 4 is 0 Å². The van der Waals surface area contributed by atoms with Crippen molar-refractivity contribution in [3.63, 3.8) is 0 Å². The molecular formula is C22H20. The second-order valence-electron chi connectivity index (χ2n) is 6.21. The van der Waals surface area contributed by atoms with Gasteiger partial charge in [-0.1, -0.05) is 84.9 Å². The molecule has 0 saturated carbocycles. The molecule has 0 amide bonds. The van der Waals surface area contributed by atoms with Crippen LogP contribution in [0, 0.1) is 0 Å². The van der Waals surface area contributed by atoms with Crippen LogP contribution in [0.15, 0.2) is 84.9 Å². The minimum absolute atomic E-state index is 0.568. The average Bonchev–Trinajstić information content (AvgIpc) is 2.62. The van der Waals surface area contributed by atoms with Gasteiger partial charge in [0.25, 0.3) is 0 Å². The lowest BCUT2D eigenvalue weighted by Crippen LogP contribution is -2.22. The first-order valence-corrected chi connectivity index (χ1v) is 8.08. The molecule has 22 heavy (non-hydrogen) atoms. The van der Waals surface area contributed by atoms with E-state index < -0.39 is 0 Å². The number of fused-ring (bicyclic) bond motifs is 1. The quantitative estimate of drug-likeness (QED) is 0.595. The summed E-state index contributed by atoms with van der Waals surface area (Å²) in [5, 5.41) is 0. The van der Waals surface area contributed by atoms with Gasteiger partial charge in [0, 0.05) is 0 Å². The highest BCUT2D eigenvalue weighted by Gasteiger charge is 2.30. The third kappa shape index (κ3) is 2.46. The fraction of sp³-hybridized carbons (Fsp3) is 0.182. The van der Waals surface area contributed by atoms with Crippen LogP contribution < -0.4 is 0 Å². The third-order valence-electron chi connectivity index (χ3n) is 4.94. The summed E-state index contributed by atoms with van der Waals surface area (Å²) in [4.78, 5) is 0. The molecule has 1 aliphatic carbocycles. The molecule has 0 heteroatoms. The molecule has 0 saturated heterocycles. The monoisotopic (exact) mass is 284 g/mol. The van der Waals surface area contributed by atoms with E-state index in [1.54, 1.807) is 0 Å². The van der Waals surface area contributed by atoms with Crippen LogP contribution in [0.3, 0.4) is 0 Å². The van der Waals surface area contributed by atoms with E-state index >= 15 is 0 Å². The molecule has 4 rings (SSSR count). The van der Waals surface area contributed by atoms with E-state index in [1.165, 1.54) is 22.3 Å². The summed E-state index contributed by atoms with van der Waals surface area (Å²) in [5.41, 5.74) is 5.96. The molecule has 0 fully saturated rings. The van der Waals surface area contributed by atoms with E-state index in [1.807, 2.05) is 0 Å². The maximum atomic E-state index is 2.30. The van der Waals surface area contributed by atoms with E-state index in [0.29, 0.717) is 11.8 Å². The van der Waals surface area contributed by atoms with Gasteiger partial charge in [0.15, 0.2) is 0 Å². The first kappa shape index (κ1) is 13.3. The van der Waals surface area contributed by atoms with Crippen molar-refractivity contribution in [1.29, 1.82) is 0 Å². The highest BCUT2D eigenvalue weighted by Crippen LogP contribution is 2.42. The Hall–Kier alpha value is -2.34. The Morgan fingerprint density at radius 1 is 0.455 bits per heavy atom.